The Balaban J connectivity index is 1.20. The lowest BCUT2D eigenvalue weighted by Crippen LogP contribution is -2.49. The van der Waals surface area contributed by atoms with Gasteiger partial charge in [-0.1, -0.05) is 30.7 Å². The highest BCUT2D eigenvalue weighted by molar-refractivity contribution is 7.92. The first-order chi connectivity index (χ1) is 24.6. The van der Waals surface area contributed by atoms with E-state index in [0.29, 0.717) is 28.8 Å². The minimum Gasteiger partial charge on any atom is -0.475 e. The molecule has 3 aliphatic carbocycles. The minimum atomic E-state index is -4.16. The number of benzene rings is 2. The second-order valence-electron chi connectivity index (χ2n) is 15.1. The summed E-state index contributed by atoms with van der Waals surface area (Å²) in [5, 5.41) is 0. The van der Waals surface area contributed by atoms with Crippen LogP contribution in [0.5, 0.6) is 5.88 Å². The van der Waals surface area contributed by atoms with Gasteiger partial charge in [0.05, 0.1) is 41.3 Å². The average Bonchev–Trinajstić information content (AvgIpc) is 3.04. The summed E-state index contributed by atoms with van der Waals surface area (Å²) in [5.74, 6) is 1.08. The third kappa shape index (κ3) is 6.66. The van der Waals surface area contributed by atoms with Gasteiger partial charge < -0.3 is 14.5 Å². The molecule has 3 heterocycles. The van der Waals surface area contributed by atoms with Crippen molar-refractivity contribution < 1.29 is 17.9 Å². The number of rotatable bonds is 7. The van der Waals surface area contributed by atoms with Gasteiger partial charge >= 0.3 is 0 Å². The van der Waals surface area contributed by atoms with Gasteiger partial charge in [0.25, 0.3) is 15.9 Å². The number of ether oxygens (including phenoxy) is 1. The molecule has 8 rings (SSSR count). The Hall–Kier alpha value is -4.58. The number of aryl methyl sites for hydroxylation is 2. The van der Waals surface area contributed by atoms with Gasteiger partial charge in [0, 0.05) is 30.3 Å². The van der Waals surface area contributed by atoms with Gasteiger partial charge in [-0.05, 0) is 106 Å². The fourth-order valence-electron chi connectivity index (χ4n) is 8.44. The van der Waals surface area contributed by atoms with E-state index in [1.165, 1.54) is 37.8 Å². The lowest BCUT2D eigenvalue weighted by atomic mass is 9.51. The van der Waals surface area contributed by atoms with Crippen LogP contribution in [-0.4, -0.2) is 64.9 Å². The van der Waals surface area contributed by atoms with E-state index in [1.807, 2.05) is 44.0 Å². The second-order valence-corrected chi connectivity index (χ2v) is 16.8. The predicted octanol–water partition coefficient (Wildman–Crippen LogP) is 6.71. The van der Waals surface area contributed by atoms with Crippen LogP contribution in [0.2, 0.25) is 0 Å². The lowest BCUT2D eigenvalue weighted by Gasteiger charge is -2.55. The maximum absolute atomic E-state index is 14.7. The van der Waals surface area contributed by atoms with Crippen LogP contribution in [0.25, 0.3) is 11.3 Å². The monoisotopic (exact) mass is 707 g/mol. The number of hydrogen-bond acceptors (Lipinski definition) is 9. The van der Waals surface area contributed by atoms with E-state index in [1.54, 1.807) is 30.6 Å². The van der Waals surface area contributed by atoms with E-state index in [-0.39, 0.29) is 47.4 Å². The molecule has 0 radical (unpaired) electrons. The van der Waals surface area contributed by atoms with Crippen molar-refractivity contribution in [3.63, 3.8) is 0 Å². The molecule has 11 nitrogen and oxygen atoms in total. The van der Waals surface area contributed by atoms with Crippen LogP contribution in [0.1, 0.15) is 85.0 Å². The minimum absolute atomic E-state index is 0.0533. The maximum Gasteiger partial charge on any atom is 0.264 e. The molecule has 12 heteroatoms. The summed E-state index contributed by atoms with van der Waals surface area (Å²) >= 11 is 0. The molecule has 2 aromatic carbocycles. The highest BCUT2D eigenvalue weighted by Crippen LogP contribution is 2.59. The van der Waals surface area contributed by atoms with Gasteiger partial charge in [0.1, 0.15) is 12.4 Å². The largest absolute Gasteiger partial charge is 0.475 e. The predicted molar refractivity (Wildman–Crippen MR) is 195 cm³/mol. The van der Waals surface area contributed by atoms with Crippen LogP contribution in [0.3, 0.4) is 0 Å². The molecule has 0 saturated heterocycles. The smallest absolute Gasteiger partial charge is 0.264 e. The molecule has 1 spiro atoms. The molecule has 3 fully saturated rings. The second kappa shape index (κ2) is 13.2. The molecule has 1 atom stereocenters. The first-order valence-corrected chi connectivity index (χ1v) is 19.6. The molecule has 3 saturated carbocycles. The molecule has 2 aromatic heterocycles. The van der Waals surface area contributed by atoms with Gasteiger partial charge in [-0.25, -0.2) is 23.1 Å². The summed E-state index contributed by atoms with van der Waals surface area (Å²) < 4.78 is 36.7. The van der Waals surface area contributed by atoms with Crippen molar-refractivity contribution >= 4 is 27.7 Å². The van der Waals surface area contributed by atoms with Crippen molar-refractivity contribution in [2.24, 2.45) is 11.3 Å². The number of aromatic nitrogens is 4. The number of nitrogens with zero attached hydrogens (tertiary/aromatic N) is 6. The number of hydrogen-bond donors (Lipinski definition) is 1. The zero-order chi connectivity index (χ0) is 35.3. The molecule has 1 aliphatic heterocycles. The summed E-state index contributed by atoms with van der Waals surface area (Å²) in [4.78, 5) is 37.3. The van der Waals surface area contributed by atoms with E-state index in [0.717, 1.165) is 54.6 Å². The first-order valence-electron chi connectivity index (χ1n) is 18.1. The number of fused-ring (bicyclic) bond motifs is 4. The number of anilines is 2. The normalized spacial score (nSPS) is 21.1. The molecule has 51 heavy (non-hydrogen) atoms. The molecular formula is C39H45N7O4S. The van der Waals surface area contributed by atoms with E-state index >= 15 is 0 Å². The van der Waals surface area contributed by atoms with Crippen LogP contribution in [0.15, 0.2) is 65.8 Å². The number of amides is 1. The van der Waals surface area contributed by atoms with Gasteiger partial charge in [0.15, 0.2) is 0 Å². The van der Waals surface area contributed by atoms with Crippen molar-refractivity contribution in [3.05, 3.63) is 83.3 Å². The Kier molecular flexibility index (Phi) is 8.68. The Labute approximate surface area is 299 Å². The summed E-state index contributed by atoms with van der Waals surface area (Å²) in [5.41, 5.74) is 4.82. The average molecular weight is 708 g/mol. The first kappa shape index (κ1) is 33.6. The Bertz CT molecular complexity index is 2050. The standard InChI is InChI=1S/C39H45N7O4S/c1-25-8-4-9-26(2)36(25)33-18-35-43-38(42-33)44-51(48,49)32-13-5-10-28(17-32)37(47)46(31(24-50-35)16-27-19-39(20-27)14-7-15-39)23-29-21-40-22-34(41-29)45(3)30-11-6-12-30/h4-5,8-10,13,17-18,21-22,27,30-31H,6-7,11-12,14-16,19-20,23-24H2,1-3H3,(H,42,43,44)/t31-/m1/s1. The van der Waals surface area contributed by atoms with E-state index in [4.69, 9.17) is 9.72 Å². The summed E-state index contributed by atoms with van der Waals surface area (Å²) in [7, 11) is -2.11. The molecule has 4 aliphatic rings. The topological polar surface area (TPSA) is 131 Å². The number of nitrogens with one attached hydrogen (secondary N) is 1. The van der Waals surface area contributed by atoms with Crippen molar-refractivity contribution in [2.75, 3.05) is 23.3 Å². The fraction of sp³-hybridized carbons (Fsp3) is 0.462. The number of carbonyl (C=O) groups is 1. The zero-order valence-corrected chi connectivity index (χ0v) is 30.3. The Morgan fingerprint density at radius 2 is 1.75 bits per heavy atom. The SMILES string of the molecule is Cc1cccc(C)c1-c1cc2nc(n1)NS(=O)(=O)c1cccc(c1)C(=O)N(Cc1cncc(N(C)C3CCC3)n1)[C@H](CC1CC3(CCC3)C1)CO2. The molecule has 0 unspecified atom stereocenters. The molecule has 1 amide bonds. The van der Waals surface area contributed by atoms with E-state index in [2.05, 4.69) is 24.6 Å². The molecular weight excluding hydrogens is 663 g/mol. The molecule has 266 valence electrons. The van der Waals surface area contributed by atoms with Crippen LogP contribution >= 0.6 is 0 Å². The zero-order valence-electron chi connectivity index (χ0n) is 29.5. The van der Waals surface area contributed by atoms with E-state index < -0.39 is 10.0 Å². The molecule has 1 N–H and O–H groups in total. The van der Waals surface area contributed by atoms with E-state index in [9.17, 15) is 13.2 Å². The van der Waals surface area contributed by atoms with Crippen molar-refractivity contribution in [1.29, 1.82) is 0 Å². The van der Waals surface area contributed by atoms with Crippen LogP contribution < -0.4 is 14.4 Å². The maximum atomic E-state index is 14.7. The van der Waals surface area contributed by atoms with Gasteiger partial charge in [-0.3, -0.25) is 9.78 Å². The number of carbonyl (C=O) groups excluding carboxylic acids is 1. The lowest BCUT2D eigenvalue weighted by molar-refractivity contribution is -0.0405. The highest BCUT2D eigenvalue weighted by Gasteiger charge is 2.49. The fourth-order valence-corrected chi connectivity index (χ4v) is 9.43. The summed E-state index contributed by atoms with van der Waals surface area (Å²) in [6, 6.07) is 14.0. The summed E-state index contributed by atoms with van der Waals surface area (Å²) in [6.07, 6.45) is 13.9. The van der Waals surface area contributed by atoms with Gasteiger partial charge in [-0.15, -0.1) is 0 Å². The number of sulfonamides is 1. The van der Waals surface area contributed by atoms with Crippen LogP contribution in [0.4, 0.5) is 11.8 Å². The van der Waals surface area contributed by atoms with Gasteiger partial charge in [0.2, 0.25) is 11.8 Å². The Morgan fingerprint density at radius 3 is 2.45 bits per heavy atom. The molecule has 4 bridgehead atoms. The summed E-state index contributed by atoms with van der Waals surface area (Å²) in [6.45, 7) is 4.36. The highest BCUT2D eigenvalue weighted by atomic mass is 32.2. The van der Waals surface area contributed by atoms with Crippen LogP contribution in [0, 0.1) is 25.2 Å². The van der Waals surface area contributed by atoms with Crippen molar-refractivity contribution in [1.82, 2.24) is 24.8 Å². The Morgan fingerprint density at radius 1 is 0.980 bits per heavy atom. The molecule has 4 aromatic rings. The van der Waals surface area contributed by atoms with Crippen LogP contribution in [-0.2, 0) is 16.6 Å². The van der Waals surface area contributed by atoms with Crippen molar-refractivity contribution in [2.45, 2.75) is 95.2 Å². The van der Waals surface area contributed by atoms with Crippen molar-refractivity contribution in [3.8, 4) is 17.1 Å². The quantitative estimate of drug-likeness (QED) is 0.223. The third-order valence-electron chi connectivity index (χ3n) is 11.6. The van der Waals surface area contributed by atoms with Gasteiger partial charge in [-0.2, -0.15) is 4.98 Å². The third-order valence-corrected chi connectivity index (χ3v) is 13.0.